The molecular formula is C23H17FN4O4S. The predicted octanol–water partition coefficient (Wildman–Crippen LogP) is 2.70. The number of nitrogens with zero attached hydrogens (tertiary/aromatic N) is 3. The molecule has 2 aromatic carbocycles. The molecule has 3 aromatic rings. The Kier molecular flexibility index (Phi) is 5.01. The lowest BCUT2D eigenvalue weighted by Crippen LogP contribution is -2.37. The number of aromatic nitrogens is 1. The second-order valence-corrected chi connectivity index (χ2v) is 9.22. The number of Topliss-reactive ketones (excluding diaryl/α,β-unsaturated/α-hetero) is 1. The minimum atomic E-state index is -4.10. The summed E-state index contributed by atoms with van der Waals surface area (Å²) in [6.45, 7) is 0.0145. The molecule has 5 rings (SSSR count). The van der Waals surface area contributed by atoms with Crippen molar-refractivity contribution in [3.63, 3.8) is 0 Å². The Morgan fingerprint density at radius 2 is 1.70 bits per heavy atom. The van der Waals surface area contributed by atoms with Gasteiger partial charge in [-0.15, -0.1) is 4.40 Å². The summed E-state index contributed by atoms with van der Waals surface area (Å²) < 4.78 is 42.7. The van der Waals surface area contributed by atoms with E-state index in [0.717, 1.165) is 0 Å². The number of benzene rings is 2. The van der Waals surface area contributed by atoms with E-state index in [-0.39, 0.29) is 23.0 Å². The van der Waals surface area contributed by atoms with Crippen LogP contribution in [0.5, 0.6) is 0 Å². The maximum absolute atomic E-state index is 13.5. The molecule has 33 heavy (non-hydrogen) atoms. The number of fused-ring (bicyclic) bond motifs is 1. The van der Waals surface area contributed by atoms with E-state index in [1.165, 1.54) is 41.3 Å². The summed E-state index contributed by atoms with van der Waals surface area (Å²) in [6.07, 6.45) is 1.57. The number of ketones is 1. The van der Waals surface area contributed by atoms with Gasteiger partial charge in [0.15, 0.2) is 11.7 Å². The summed E-state index contributed by atoms with van der Waals surface area (Å²) in [7, 11) is -4.10. The van der Waals surface area contributed by atoms with Crippen molar-refractivity contribution >= 4 is 33.2 Å². The average Bonchev–Trinajstić information content (AvgIpc) is 3.04. The molecule has 1 aromatic heterocycles. The van der Waals surface area contributed by atoms with Crippen LogP contribution in [0.1, 0.15) is 17.3 Å². The van der Waals surface area contributed by atoms with E-state index in [4.69, 9.17) is 0 Å². The van der Waals surface area contributed by atoms with Crippen LogP contribution in [0, 0.1) is 11.7 Å². The van der Waals surface area contributed by atoms with Crippen molar-refractivity contribution in [1.29, 1.82) is 0 Å². The quantitative estimate of drug-likeness (QED) is 0.595. The Labute approximate surface area is 188 Å². The lowest BCUT2D eigenvalue weighted by Gasteiger charge is -2.23. The van der Waals surface area contributed by atoms with E-state index in [9.17, 15) is 22.4 Å². The van der Waals surface area contributed by atoms with E-state index < -0.39 is 39.5 Å². The molecular weight excluding hydrogens is 447 g/mol. The van der Waals surface area contributed by atoms with Gasteiger partial charge in [0.2, 0.25) is 5.91 Å². The van der Waals surface area contributed by atoms with Crippen molar-refractivity contribution in [3.05, 3.63) is 90.0 Å². The van der Waals surface area contributed by atoms with Gasteiger partial charge in [0.05, 0.1) is 17.9 Å². The molecule has 1 fully saturated rings. The number of hydrogen-bond acceptors (Lipinski definition) is 6. The predicted molar refractivity (Wildman–Crippen MR) is 117 cm³/mol. The van der Waals surface area contributed by atoms with E-state index >= 15 is 0 Å². The highest BCUT2D eigenvalue weighted by Crippen LogP contribution is 2.37. The number of amides is 1. The number of amidine groups is 1. The number of halogens is 1. The van der Waals surface area contributed by atoms with Crippen LogP contribution in [-0.2, 0) is 26.2 Å². The van der Waals surface area contributed by atoms with Crippen molar-refractivity contribution in [2.45, 2.75) is 17.5 Å². The SMILES string of the molecule is O=C1C(C2=NS(=O)(=O)c3ccccc3N2)C(=O)N(Cc2ccccn2)[C@H]1c1ccc(F)cc1. The van der Waals surface area contributed by atoms with Crippen LogP contribution in [0.4, 0.5) is 10.1 Å². The highest BCUT2D eigenvalue weighted by molar-refractivity contribution is 7.90. The van der Waals surface area contributed by atoms with E-state index in [0.29, 0.717) is 11.3 Å². The topological polar surface area (TPSA) is 109 Å². The van der Waals surface area contributed by atoms with Crippen LogP contribution >= 0.6 is 0 Å². The van der Waals surface area contributed by atoms with Crippen molar-refractivity contribution in [3.8, 4) is 0 Å². The molecule has 166 valence electrons. The number of sulfonamides is 1. The van der Waals surface area contributed by atoms with Gasteiger partial charge in [-0.05, 0) is 42.0 Å². The number of anilines is 1. The number of likely N-dealkylation sites (tertiary alicyclic amines) is 1. The first-order valence-electron chi connectivity index (χ1n) is 10.1. The molecule has 8 nitrogen and oxygen atoms in total. The molecule has 10 heteroatoms. The fourth-order valence-corrected chi connectivity index (χ4v) is 5.22. The van der Waals surface area contributed by atoms with Gasteiger partial charge in [0, 0.05) is 6.20 Å². The van der Waals surface area contributed by atoms with E-state index in [2.05, 4.69) is 14.7 Å². The van der Waals surface area contributed by atoms with Crippen LogP contribution in [0.25, 0.3) is 0 Å². The monoisotopic (exact) mass is 464 g/mol. The van der Waals surface area contributed by atoms with E-state index in [1.54, 1.807) is 36.5 Å². The summed E-state index contributed by atoms with van der Waals surface area (Å²) in [6, 6.07) is 15.5. The van der Waals surface area contributed by atoms with Crippen LogP contribution in [0.2, 0.25) is 0 Å². The Balaban J connectivity index is 1.58. The molecule has 1 unspecified atom stereocenters. The summed E-state index contributed by atoms with van der Waals surface area (Å²) >= 11 is 0. The van der Waals surface area contributed by atoms with Gasteiger partial charge in [0.25, 0.3) is 10.0 Å². The average molecular weight is 464 g/mol. The largest absolute Gasteiger partial charge is 0.341 e. The molecule has 1 saturated heterocycles. The number of para-hydroxylation sites is 1. The summed E-state index contributed by atoms with van der Waals surface area (Å²) in [5, 5.41) is 2.85. The maximum atomic E-state index is 13.5. The molecule has 0 saturated carbocycles. The zero-order valence-electron chi connectivity index (χ0n) is 17.1. The number of nitrogens with one attached hydrogen (secondary N) is 1. The van der Waals surface area contributed by atoms with Gasteiger partial charge in [-0.1, -0.05) is 30.3 Å². The number of carbonyl (C=O) groups excluding carboxylic acids is 2. The Bertz CT molecular complexity index is 1390. The Hall–Kier alpha value is -3.92. The summed E-state index contributed by atoms with van der Waals surface area (Å²) in [5.41, 5.74) is 1.19. The first kappa shape index (κ1) is 21.0. The number of hydrogen-bond donors (Lipinski definition) is 1. The van der Waals surface area contributed by atoms with Crippen molar-refractivity contribution in [1.82, 2.24) is 9.88 Å². The number of pyridine rings is 1. The van der Waals surface area contributed by atoms with Crippen molar-refractivity contribution in [2.75, 3.05) is 5.32 Å². The fraction of sp³-hybridized carbons (Fsp3) is 0.130. The molecule has 2 aliphatic heterocycles. The number of carbonyl (C=O) groups is 2. The minimum Gasteiger partial charge on any atom is -0.341 e. The van der Waals surface area contributed by atoms with Crippen LogP contribution in [-0.4, -0.2) is 35.8 Å². The highest BCUT2D eigenvalue weighted by Gasteiger charge is 2.51. The lowest BCUT2D eigenvalue weighted by molar-refractivity contribution is -0.131. The highest BCUT2D eigenvalue weighted by atomic mass is 32.2. The van der Waals surface area contributed by atoms with Gasteiger partial charge in [0.1, 0.15) is 22.6 Å². The molecule has 0 spiro atoms. The molecule has 0 aliphatic carbocycles. The molecule has 1 amide bonds. The summed E-state index contributed by atoms with van der Waals surface area (Å²) in [5.74, 6) is -3.35. The Morgan fingerprint density at radius 3 is 2.42 bits per heavy atom. The molecule has 0 bridgehead atoms. The maximum Gasteiger partial charge on any atom is 0.286 e. The third-order valence-electron chi connectivity index (χ3n) is 5.56. The van der Waals surface area contributed by atoms with Crippen LogP contribution in [0.15, 0.2) is 82.2 Å². The van der Waals surface area contributed by atoms with Gasteiger partial charge in [-0.3, -0.25) is 14.6 Å². The van der Waals surface area contributed by atoms with Crippen molar-refractivity contribution in [2.24, 2.45) is 10.3 Å². The third kappa shape index (κ3) is 3.68. The molecule has 2 aliphatic rings. The fourth-order valence-electron chi connectivity index (χ4n) is 4.06. The molecule has 0 radical (unpaired) electrons. The smallest absolute Gasteiger partial charge is 0.286 e. The van der Waals surface area contributed by atoms with Crippen molar-refractivity contribution < 1.29 is 22.4 Å². The zero-order valence-corrected chi connectivity index (χ0v) is 17.9. The second-order valence-electron chi connectivity index (χ2n) is 7.65. The molecule has 2 atom stereocenters. The van der Waals surface area contributed by atoms with E-state index in [1.807, 2.05) is 0 Å². The first-order chi connectivity index (χ1) is 15.8. The minimum absolute atomic E-state index is 0.0145. The summed E-state index contributed by atoms with van der Waals surface area (Å²) in [4.78, 5) is 32.5. The molecule has 3 heterocycles. The lowest BCUT2D eigenvalue weighted by atomic mass is 9.97. The van der Waals surface area contributed by atoms with Gasteiger partial charge in [-0.25, -0.2) is 4.39 Å². The van der Waals surface area contributed by atoms with Gasteiger partial charge < -0.3 is 10.2 Å². The normalized spacial score (nSPS) is 21.4. The first-order valence-corrected chi connectivity index (χ1v) is 11.5. The second kappa shape index (κ2) is 7.89. The zero-order chi connectivity index (χ0) is 23.2. The van der Waals surface area contributed by atoms with Crippen LogP contribution in [0.3, 0.4) is 0 Å². The Morgan fingerprint density at radius 1 is 0.970 bits per heavy atom. The third-order valence-corrected chi connectivity index (χ3v) is 6.91. The van der Waals surface area contributed by atoms with Crippen LogP contribution < -0.4 is 5.32 Å². The van der Waals surface area contributed by atoms with Gasteiger partial charge >= 0.3 is 0 Å². The number of rotatable bonds is 4. The molecule has 1 N–H and O–H groups in total. The standard InChI is InChI=1S/C23H17FN4O4S/c24-15-10-8-14(9-11-15)20-21(29)19(23(30)28(20)13-16-5-3-4-12-25-16)22-26-17-6-1-2-7-18(17)33(31,32)27-22/h1-12,19-20H,13H2,(H,26,27)/t19?,20-/m0/s1. The van der Waals surface area contributed by atoms with Gasteiger partial charge in [-0.2, -0.15) is 8.42 Å².